The fourth-order valence-electron chi connectivity index (χ4n) is 5.76. The number of ether oxygens (including phenoxy) is 1. The van der Waals surface area contributed by atoms with E-state index in [-0.39, 0.29) is 0 Å². The van der Waals surface area contributed by atoms with Crippen LogP contribution in [-0.2, 0) is 6.42 Å². The van der Waals surface area contributed by atoms with Crippen molar-refractivity contribution >= 4 is 11.0 Å². The lowest BCUT2D eigenvalue weighted by Crippen LogP contribution is -2.46. The fourth-order valence-corrected chi connectivity index (χ4v) is 5.76. The quantitative estimate of drug-likeness (QED) is 0.539. The second kappa shape index (κ2) is 7.53. The van der Waals surface area contributed by atoms with E-state index in [1.165, 1.54) is 41.7 Å². The van der Waals surface area contributed by atoms with Gasteiger partial charge in [0, 0.05) is 36.0 Å². The Kier molecular flexibility index (Phi) is 4.87. The van der Waals surface area contributed by atoms with Crippen molar-refractivity contribution in [3.05, 3.63) is 65.4 Å². The van der Waals surface area contributed by atoms with Gasteiger partial charge in [-0.2, -0.15) is 0 Å². The van der Waals surface area contributed by atoms with Crippen LogP contribution in [0.15, 0.2) is 52.9 Å². The Bertz CT molecular complexity index is 993. The van der Waals surface area contributed by atoms with Gasteiger partial charge < -0.3 is 9.15 Å². The van der Waals surface area contributed by atoms with Crippen LogP contribution in [0.1, 0.15) is 55.4 Å². The third-order valence-corrected chi connectivity index (χ3v) is 7.28. The van der Waals surface area contributed by atoms with Crippen LogP contribution in [-0.4, -0.2) is 31.1 Å². The van der Waals surface area contributed by atoms with E-state index in [1.54, 1.807) is 7.11 Å². The van der Waals surface area contributed by atoms with Crippen molar-refractivity contribution in [2.45, 2.75) is 51.0 Å². The van der Waals surface area contributed by atoms with Gasteiger partial charge in [-0.15, -0.1) is 0 Å². The summed E-state index contributed by atoms with van der Waals surface area (Å²) in [7, 11) is 1.73. The molecule has 1 fully saturated rings. The summed E-state index contributed by atoms with van der Waals surface area (Å²) < 4.78 is 11.9. The zero-order valence-corrected chi connectivity index (χ0v) is 17.7. The van der Waals surface area contributed by atoms with Gasteiger partial charge in [0.25, 0.3) is 0 Å². The maximum atomic E-state index is 6.41. The van der Waals surface area contributed by atoms with Crippen LogP contribution in [0.2, 0.25) is 0 Å². The van der Waals surface area contributed by atoms with Gasteiger partial charge in [-0.1, -0.05) is 37.3 Å². The number of furan rings is 1. The van der Waals surface area contributed by atoms with Gasteiger partial charge in [-0.05, 0) is 61.8 Å². The molecule has 2 aliphatic rings. The summed E-state index contributed by atoms with van der Waals surface area (Å²) in [4.78, 5) is 2.73. The molecule has 3 nitrogen and oxygen atoms in total. The minimum atomic E-state index is 0.443. The highest BCUT2D eigenvalue weighted by atomic mass is 16.5. The first-order valence-electron chi connectivity index (χ1n) is 11.0. The van der Waals surface area contributed by atoms with E-state index in [0.29, 0.717) is 23.8 Å². The Labute approximate surface area is 173 Å². The van der Waals surface area contributed by atoms with Crippen molar-refractivity contribution in [1.29, 1.82) is 0 Å². The first-order valence-corrected chi connectivity index (χ1v) is 11.0. The van der Waals surface area contributed by atoms with Crippen LogP contribution in [0, 0.1) is 5.92 Å². The monoisotopic (exact) mass is 389 g/mol. The number of methoxy groups -OCH3 is 1. The Hall–Kier alpha value is -2.26. The fraction of sp³-hybridized carbons (Fsp3) is 0.462. The number of rotatable bonds is 2. The smallest absolute Gasteiger partial charge is 0.134 e. The van der Waals surface area contributed by atoms with Gasteiger partial charge in [-0.3, -0.25) is 4.90 Å². The third-order valence-electron chi connectivity index (χ3n) is 7.28. The van der Waals surface area contributed by atoms with Crippen LogP contribution in [0.5, 0.6) is 5.75 Å². The molecule has 5 rings (SSSR count). The van der Waals surface area contributed by atoms with E-state index in [1.807, 2.05) is 6.07 Å². The van der Waals surface area contributed by atoms with Crippen molar-refractivity contribution in [1.82, 2.24) is 4.90 Å². The molecule has 0 aliphatic carbocycles. The number of piperidine rings is 1. The van der Waals surface area contributed by atoms with Crippen LogP contribution in [0.3, 0.4) is 0 Å². The Morgan fingerprint density at radius 1 is 1.03 bits per heavy atom. The molecule has 0 spiro atoms. The molecule has 2 bridgehead atoms. The van der Waals surface area contributed by atoms with Crippen LogP contribution >= 0.6 is 0 Å². The zero-order valence-electron chi connectivity index (χ0n) is 17.7. The van der Waals surface area contributed by atoms with Gasteiger partial charge in [0.15, 0.2) is 0 Å². The number of hydrogen-bond donors (Lipinski definition) is 0. The van der Waals surface area contributed by atoms with E-state index in [4.69, 9.17) is 9.15 Å². The van der Waals surface area contributed by atoms with Gasteiger partial charge >= 0.3 is 0 Å². The molecule has 0 amide bonds. The average molecular weight is 390 g/mol. The molecule has 0 radical (unpaired) electrons. The second-order valence-corrected chi connectivity index (χ2v) is 9.05. The van der Waals surface area contributed by atoms with E-state index in [0.717, 1.165) is 24.3 Å². The molecule has 2 aromatic carbocycles. The van der Waals surface area contributed by atoms with Crippen LogP contribution < -0.4 is 4.74 Å². The summed E-state index contributed by atoms with van der Waals surface area (Å²) in [5, 5.41) is 1.23. The standard InChI is InChI=1S/C26H31NO2/c1-17-13-19-14-23(20-7-5-4-6-8-20)18(2)27(16-19)12-11-22-24-15-21(28-3)9-10-25(24)29-26(17)22/h4-10,15,17-19,23H,11-14,16H2,1-3H3. The highest BCUT2D eigenvalue weighted by Crippen LogP contribution is 2.43. The lowest BCUT2D eigenvalue weighted by Gasteiger charge is -2.43. The zero-order chi connectivity index (χ0) is 20.0. The summed E-state index contributed by atoms with van der Waals surface area (Å²) in [5.41, 5.74) is 3.88. The molecule has 3 heteroatoms. The summed E-state index contributed by atoms with van der Waals surface area (Å²) in [6, 6.07) is 17.9. The predicted molar refractivity (Wildman–Crippen MR) is 118 cm³/mol. The molecular weight excluding hydrogens is 358 g/mol. The highest BCUT2D eigenvalue weighted by Gasteiger charge is 2.37. The lowest BCUT2D eigenvalue weighted by atomic mass is 9.77. The molecule has 3 heterocycles. The number of fused-ring (bicyclic) bond motifs is 5. The topological polar surface area (TPSA) is 25.6 Å². The average Bonchev–Trinajstić information content (AvgIpc) is 3.13. The van der Waals surface area contributed by atoms with Gasteiger partial charge in [0.2, 0.25) is 0 Å². The van der Waals surface area contributed by atoms with Crippen molar-refractivity contribution in [3.63, 3.8) is 0 Å². The summed E-state index contributed by atoms with van der Waals surface area (Å²) >= 11 is 0. The van der Waals surface area contributed by atoms with Crippen molar-refractivity contribution in [2.24, 2.45) is 5.92 Å². The van der Waals surface area contributed by atoms with E-state index in [2.05, 4.69) is 61.2 Å². The molecule has 3 aromatic rings. The van der Waals surface area contributed by atoms with Crippen LogP contribution in [0.25, 0.3) is 11.0 Å². The summed E-state index contributed by atoms with van der Waals surface area (Å²) in [6.45, 7) is 7.07. The van der Waals surface area contributed by atoms with Crippen molar-refractivity contribution in [3.8, 4) is 5.75 Å². The van der Waals surface area contributed by atoms with Gasteiger partial charge in [0.1, 0.15) is 17.1 Å². The third kappa shape index (κ3) is 3.36. The number of nitrogens with zero attached hydrogens (tertiary/aromatic N) is 1. The molecule has 152 valence electrons. The van der Waals surface area contributed by atoms with E-state index in [9.17, 15) is 0 Å². The predicted octanol–water partition coefficient (Wildman–Crippen LogP) is 5.99. The Morgan fingerprint density at radius 3 is 2.66 bits per heavy atom. The number of hydrogen-bond acceptors (Lipinski definition) is 3. The Morgan fingerprint density at radius 2 is 1.86 bits per heavy atom. The maximum absolute atomic E-state index is 6.41. The minimum Gasteiger partial charge on any atom is -0.497 e. The molecule has 0 N–H and O–H groups in total. The lowest BCUT2D eigenvalue weighted by molar-refractivity contribution is 0.0934. The molecule has 29 heavy (non-hydrogen) atoms. The Balaban J connectivity index is 1.51. The first kappa shape index (κ1) is 18.7. The molecule has 5 atom stereocenters. The van der Waals surface area contributed by atoms with E-state index >= 15 is 0 Å². The first-order chi connectivity index (χ1) is 14.1. The minimum absolute atomic E-state index is 0.443. The normalized spacial score (nSPS) is 29.6. The largest absolute Gasteiger partial charge is 0.497 e. The molecule has 1 aromatic heterocycles. The molecule has 0 saturated carbocycles. The SMILES string of the molecule is COc1ccc2oc3c(c2c1)CCN1CC(CC3C)CC(c2ccccc2)C1C. The van der Waals surface area contributed by atoms with E-state index < -0.39 is 0 Å². The maximum Gasteiger partial charge on any atom is 0.134 e. The molecule has 1 saturated heterocycles. The van der Waals surface area contributed by atoms with Crippen LogP contribution in [0.4, 0.5) is 0 Å². The highest BCUT2D eigenvalue weighted by molar-refractivity contribution is 5.84. The number of benzene rings is 2. The van der Waals surface area contributed by atoms with Gasteiger partial charge in [-0.25, -0.2) is 0 Å². The molecular formula is C26H31NO2. The molecule has 5 unspecified atom stereocenters. The van der Waals surface area contributed by atoms with Gasteiger partial charge in [0.05, 0.1) is 7.11 Å². The molecule has 2 aliphatic heterocycles. The van der Waals surface area contributed by atoms with Crippen molar-refractivity contribution < 1.29 is 9.15 Å². The van der Waals surface area contributed by atoms with Crippen molar-refractivity contribution in [2.75, 3.05) is 20.2 Å². The summed E-state index contributed by atoms with van der Waals surface area (Å²) in [5.74, 6) is 3.87. The summed E-state index contributed by atoms with van der Waals surface area (Å²) in [6.07, 6.45) is 3.50. The second-order valence-electron chi connectivity index (χ2n) is 9.05.